The number of hydrogen-bond acceptors (Lipinski definition) is 2. The fourth-order valence-electron chi connectivity index (χ4n) is 3.44. The molecule has 2 aliphatic carbocycles. The van der Waals surface area contributed by atoms with Crippen molar-refractivity contribution in [1.29, 1.82) is 0 Å². The number of fused-ring (bicyclic) bond motifs is 2. The minimum absolute atomic E-state index is 0.177. The van der Waals surface area contributed by atoms with Gasteiger partial charge in [-0.3, -0.25) is 9.59 Å². The number of benzene rings is 2. The first-order valence-electron chi connectivity index (χ1n) is 8.53. The molecule has 0 radical (unpaired) electrons. The number of carbonyl (C=O) groups is 2. The molecule has 0 spiro atoms. The van der Waals surface area contributed by atoms with E-state index in [-0.39, 0.29) is 17.1 Å². The second kappa shape index (κ2) is 8.26. The van der Waals surface area contributed by atoms with Gasteiger partial charge in [-0.25, -0.2) is 0 Å². The van der Waals surface area contributed by atoms with E-state index < -0.39 is 0 Å². The summed E-state index contributed by atoms with van der Waals surface area (Å²) in [6, 6.07) is 15.8. The minimum Gasteiger partial charge on any atom is -0.294 e. The normalized spacial score (nSPS) is 19.2. The molecule has 1 atom stereocenters. The molecule has 1 unspecified atom stereocenters. The number of rotatable bonds is 0. The zero-order chi connectivity index (χ0) is 18.6. The minimum atomic E-state index is -0.177. The van der Waals surface area contributed by atoms with Gasteiger partial charge in [0.1, 0.15) is 0 Å². The van der Waals surface area contributed by atoms with E-state index in [2.05, 4.69) is 22.6 Å². The van der Waals surface area contributed by atoms with Crippen molar-refractivity contribution >= 4 is 34.2 Å². The fraction of sp³-hybridized carbons (Fsp3) is 0.364. The van der Waals surface area contributed by atoms with E-state index in [4.69, 9.17) is 0 Å². The van der Waals surface area contributed by atoms with Crippen LogP contribution in [-0.2, 0) is 12.8 Å². The third-order valence-corrected chi connectivity index (χ3v) is 4.77. The molecular formula is C22H25IO2. The summed E-state index contributed by atoms with van der Waals surface area (Å²) in [6.45, 7) is 6.01. The Balaban J connectivity index is 0.000000165. The number of alkyl halides is 1. The van der Waals surface area contributed by atoms with Gasteiger partial charge in [-0.1, -0.05) is 91.9 Å². The maximum absolute atomic E-state index is 11.7. The third-order valence-electron chi connectivity index (χ3n) is 4.77. The van der Waals surface area contributed by atoms with Crippen molar-refractivity contribution in [3.8, 4) is 0 Å². The van der Waals surface area contributed by atoms with Crippen LogP contribution in [0.4, 0.5) is 0 Å². The molecule has 2 nitrogen and oxygen atoms in total. The lowest BCUT2D eigenvalue weighted by molar-refractivity contribution is 0.0863. The van der Waals surface area contributed by atoms with E-state index >= 15 is 0 Å². The lowest BCUT2D eigenvalue weighted by Crippen LogP contribution is -2.18. The van der Waals surface area contributed by atoms with Crippen LogP contribution in [0.5, 0.6) is 0 Å². The van der Waals surface area contributed by atoms with Gasteiger partial charge in [-0.05, 0) is 28.9 Å². The summed E-state index contributed by atoms with van der Waals surface area (Å²) in [5, 5.41) is 0. The van der Waals surface area contributed by atoms with Gasteiger partial charge < -0.3 is 0 Å². The summed E-state index contributed by atoms with van der Waals surface area (Å²) in [5.74, 6) is 0.797. The fourth-order valence-corrected chi connectivity index (χ4v) is 3.44. The van der Waals surface area contributed by atoms with E-state index in [1.807, 2.05) is 74.2 Å². The van der Waals surface area contributed by atoms with Crippen LogP contribution >= 0.6 is 22.6 Å². The molecule has 3 heteroatoms. The van der Waals surface area contributed by atoms with Crippen molar-refractivity contribution in [2.24, 2.45) is 11.3 Å². The largest absolute Gasteiger partial charge is 0.294 e. The number of hydrogen-bond donors (Lipinski definition) is 0. The highest BCUT2D eigenvalue weighted by Gasteiger charge is 2.36. The van der Waals surface area contributed by atoms with Crippen molar-refractivity contribution in [1.82, 2.24) is 0 Å². The standard InChI is InChI=1S/C11H12O.C10H10O.CH3I/c1-11(2)7-8-5-3-4-6-9(8)10(11)12;1-7-6-8-4-2-3-5-9(8)10(7)11;1-2/h3-6H,7H2,1-2H3;2-5,7H,6H2,1H3;1H3. The second-order valence-corrected chi connectivity index (χ2v) is 7.17. The molecule has 0 fully saturated rings. The van der Waals surface area contributed by atoms with Crippen molar-refractivity contribution in [3.05, 3.63) is 70.8 Å². The number of halogens is 1. The first-order chi connectivity index (χ1) is 11.9. The molecule has 0 saturated heterocycles. The average molecular weight is 448 g/mol. The first kappa shape index (κ1) is 19.8. The Bertz CT molecular complexity index is 777. The smallest absolute Gasteiger partial charge is 0.169 e. The van der Waals surface area contributed by atoms with Crippen LogP contribution in [0, 0.1) is 11.3 Å². The molecule has 4 rings (SSSR count). The summed E-state index contributed by atoms with van der Waals surface area (Å²) in [6.07, 6.45) is 1.82. The molecule has 2 aliphatic rings. The monoisotopic (exact) mass is 448 g/mol. The lowest BCUT2D eigenvalue weighted by Gasteiger charge is -2.12. The van der Waals surface area contributed by atoms with Crippen LogP contribution in [0.1, 0.15) is 52.6 Å². The topological polar surface area (TPSA) is 34.1 Å². The van der Waals surface area contributed by atoms with Gasteiger partial charge in [0, 0.05) is 22.5 Å². The number of Topliss-reactive ketones (excluding diaryl/α,β-unsaturated/α-hetero) is 2. The van der Waals surface area contributed by atoms with Gasteiger partial charge in [-0.15, -0.1) is 0 Å². The Morgan fingerprint density at radius 1 is 0.880 bits per heavy atom. The molecule has 0 saturated carbocycles. The van der Waals surface area contributed by atoms with Crippen LogP contribution in [0.3, 0.4) is 0 Å². The van der Waals surface area contributed by atoms with Gasteiger partial charge in [-0.2, -0.15) is 0 Å². The first-order valence-corrected chi connectivity index (χ1v) is 10.7. The van der Waals surface area contributed by atoms with Crippen molar-refractivity contribution < 1.29 is 9.59 Å². The van der Waals surface area contributed by atoms with Gasteiger partial charge in [0.05, 0.1) is 0 Å². The Hall–Kier alpha value is -1.49. The highest BCUT2D eigenvalue weighted by Crippen LogP contribution is 2.35. The average Bonchev–Trinajstić information content (AvgIpc) is 3.04. The molecule has 0 bridgehead atoms. The maximum atomic E-state index is 11.7. The zero-order valence-corrected chi connectivity index (χ0v) is 17.5. The van der Waals surface area contributed by atoms with Gasteiger partial charge in [0.25, 0.3) is 0 Å². The molecule has 25 heavy (non-hydrogen) atoms. The van der Waals surface area contributed by atoms with Crippen molar-refractivity contribution in [2.75, 3.05) is 4.93 Å². The molecule has 0 aliphatic heterocycles. The zero-order valence-electron chi connectivity index (χ0n) is 15.3. The van der Waals surface area contributed by atoms with Crippen molar-refractivity contribution in [2.45, 2.75) is 33.6 Å². The summed E-state index contributed by atoms with van der Waals surface area (Å²) in [4.78, 5) is 25.1. The Morgan fingerprint density at radius 2 is 1.40 bits per heavy atom. The van der Waals surface area contributed by atoms with Crippen LogP contribution in [0.25, 0.3) is 0 Å². The number of ketones is 2. The molecule has 0 N–H and O–H groups in total. The molecule has 0 aromatic heterocycles. The maximum Gasteiger partial charge on any atom is 0.169 e. The quantitative estimate of drug-likeness (QED) is 0.391. The van der Waals surface area contributed by atoms with Gasteiger partial charge >= 0.3 is 0 Å². The molecule has 2 aromatic rings. The highest BCUT2D eigenvalue weighted by molar-refractivity contribution is 14.1. The summed E-state index contributed by atoms with van der Waals surface area (Å²) >= 11 is 2.15. The number of carbonyl (C=O) groups excluding carboxylic acids is 2. The SMILES string of the molecule is CC1(C)Cc2ccccc2C1=O.CC1Cc2ccccc2C1=O.CI. The predicted octanol–water partition coefficient (Wildman–Crippen LogP) is 5.56. The second-order valence-electron chi connectivity index (χ2n) is 7.17. The van der Waals surface area contributed by atoms with E-state index in [1.54, 1.807) is 0 Å². The van der Waals surface area contributed by atoms with E-state index in [9.17, 15) is 9.59 Å². The molecular weight excluding hydrogens is 423 g/mol. The van der Waals surface area contributed by atoms with Crippen LogP contribution in [0.15, 0.2) is 48.5 Å². The summed E-state index contributed by atoms with van der Waals surface area (Å²) in [5.41, 5.74) is 4.09. The van der Waals surface area contributed by atoms with Gasteiger partial charge in [0.15, 0.2) is 11.6 Å². The van der Waals surface area contributed by atoms with E-state index in [0.29, 0.717) is 5.78 Å². The molecule has 0 heterocycles. The Kier molecular flexibility index (Phi) is 6.55. The molecule has 2 aromatic carbocycles. The predicted molar refractivity (Wildman–Crippen MR) is 112 cm³/mol. The van der Waals surface area contributed by atoms with Crippen LogP contribution in [-0.4, -0.2) is 16.5 Å². The molecule has 0 amide bonds. The summed E-state index contributed by atoms with van der Waals surface area (Å²) < 4.78 is 0. The van der Waals surface area contributed by atoms with Crippen LogP contribution < -0.4 is 0 Å². The summed E-state index contributed by atoms with van der Waals surface area (Å²) in [7, 11) is 0. The Morgan fingerprint density at radius 3 is 1.96 bits per heavy atom. The third kappa shape index (κ3) is 4.20. The highest BCUT2D eigenvalue weighted by atomic mass is 127. The lowest BCUT2D eigenvalue weighted by atomic mass is 9.89. The Labute approximate surface area is 164 Å². The molecule has 132 valence electrons. The van der Waals surface area contributed by atoms with Crippen LogP contribution in [0.2, 0.25) is 0 Å². The van der Waals surface area contributed by atoms with E-state index in [0.717, 1.165) is 24.0 Å². The van der Waals surface area contributed by atoms with Crippen molar-refractivity contribution in [3.63, 3.8) is 0 Å². The van der Waals surface area contributed by atoms with E-state index in [1.165, 1.54) is 11.1 Å². The van der Waals surface area contributed by atoms with Gasteiger partial charge in [0.2, 0.25) is 0 Å².